The van der Waals surface area contributed by atoms with Crippen molar-refractivity contribution in [2.45, 2.75) is 26.3 Å². The van der Waals surface area contributed by atoms with E-state index in [0.29, 0.717) is 18.7 Å². The summed E-state index contributed by atoms with van der Waals surface area (Å²) in [6.07, 6.45) is -1.86. The second kappa shape index (κ2) is 8.84. The van der Waals surface area contributed by atoms with Crippen molar-refractivity contribution in [3.05, 3.63) is 29.3 Å². The lowest BCUT2D eigenvalue weighted by Gasteiger charge is -2.24. The third kappa shape index (κ3) is 5.51. The van der Waals surface area contributed by atoms with Crippen LogP contribution in [0.4, 0.5) is 23.2 Å². The molecule has 1 aromatic rings. The molecule has 120 valence electrons. The van der Waals surface area contributed by atoms with Crippen LogP contribution >= 0.6 is 0 Å². The van der Waals surface area contributed by atoms with Gasteiger partial charge in [-0.2, -0.15) is 0 Å². The highest BCUT2D eigenvalue weighted by Gasteiger charge is 2.20. The molecule has 0 saturated heterocycles. The van der Waals surface area contributed by atoms with E-state index in [1.165, 1.54) is 0 Å². The van der Waals surface area contributed by atoms with Crippen LogP contribution in [0.1, 0.15) is 18.9 Å². The van der Waals surface area contributed by atoms with Gasteiger partial charge >= 0.3 is 0 Å². The number of benzene rings is 1. The predicted molar refractivity (Wildman–Crippen MR) is 73.7 cm³/mol. The topological polar surface area (TPSA) is 35.5 Å². The molecule has 0 aromatic heterocycles. The highest BCUT2D eigenvalue weighted by molar-refractivity contribution is 5.51. The Morgan fingerprint density at radius 3 is 2.33 bits per heavy atom. The van der Waals surface area contributed by atoms with E-state index in [2.05, 4.69) is 5.32 Å². The third-order valence-corrected chi connectivity index (χ3v) is 2.88. The quantitative estimate of drug-likeness (QED) is 0.543. The van der Waals surface area contributed by atoms with Crippen LogP contribution in [0.2, 0.25) is 0 Å². The maximum absolute atomic E-state index is 14.0. The van der Waals surface area contributed by atoms with Crippen molar-refractivity contribution in [2.24, 2.45) is 0 Å². The third-order valence-electron chi connectivity index (χ3n) is 2.88. The molecule has 3 nitrogen and oxygen atoms in total. The fraction of sp³-hybridized carbons (Fsp3) is 0.571. The van der Waals surface area contributed by atoms with E-state index in [1.54, 1.807) is 0 Å². The number of rotatable bonds is 9. The summed E-state index contributed by atoms with van der Waals surface area (Å²) in [5, 5.41) is 11.9. The fourth-order valence-electron chi connectivity index (χ4n) is 2.01. The molecular weight excluding hydrogens is 288 g/mol. The van der Waals surface area contributed by atoms with Gasteiger partial charge in [0.1, 0.15) is 17.3 Å². The summed E-state index contributed by atoms with van der Waals surface area (Å²) >= 11 is 0. The fourth-order valence-corrected chi connectivity index (χ4v) is 2.01. The van der Waals surface area contributed by atoms with Crippen LogP contribution in [0.3, 0.4) is 0 Å². The molecular formula is C14H20F4N2O. The van der Waals surface area contributed by atoms with Crippen LogP contribution in [-0.4, -0.2) is 37.8 Å². The number of halogens is 4. The Balaban J connectivity index is 2.95. The Morgan fingerprint density at radius 1 is 1.24 bits per heavy atom. The average molecular weight is 308 g/mol. The molecule has 0 radical (unpaired) electrons. The van der Waals surface area contributed by atoms with Gasteiger partial charge in [-0.15, -0.1) is 0 Å². The van der Waals surface area contributed by atoms with E-state index in [-0.39, 0.29) is 6.54 Å². The van der Waals surface area contributed by atoms with Gasteiger partial charge in [0.2, 0.25) is 0 Å². The maximum atomic E-state index is 14.0. The van der Waals surface area contributed by atoms with Gasteiger partial charge in [-0.3, -0.25) is 0 Å². The molecule has 0 aliphatic carbocycles. The van der Waals surface area contributed by atoms with Gasteiger partial charge in [0.15, 0.2) is 0 Å². The summed E-state index contributed by atoms with van der Waals surface area (Å²) in [6.45, 7) is 1.43. The van der Waals surface area contributed by atoms with Crippen molar-refractivity contribution in [3.63, 3.8) is 0 Å². The zero-order valence-electron chi connectivity index (χ0n) is 11.9. The van der Waals surface area contributed by atoms with Crippen LogP contribution in [0.25, 0.3) is 0 Å². The highest BCUT2D eigenvalue weighted by Crippen LogP contribution is 2.25. The summed E-state index contributed by atoms with van der Waals surface area (Å²) in [5.74, 6) is -1.81. The van der Waals surface area contributed by atoms with E-state index in [1.807, 2.05) is 6.92 Å². The summed E-state index contributed by atoms with van der Waals surface area (Å²) in [7, 11) is 0. The van der Waals surface area contributed by atoms with Gasteiger partial charge in [-0.25, -0.2) is 17.6 Å². The second-order valence-electron chi connectivity index (χ2n) is 4.65. The molecule has 2 N–H and O–H groups in total. The van der Waals surface area contributed by atoms with Gasteiger partial charge in [0, 0.05) is 13.1 Å². The van der Waals surface area contributed by atoms with Crippen LogP contribution in [0, 0.1) is 11.6 Å². The minimum absolute atomic E-state index is 0.258. The first-order valence-corrected chi connectivity index (χ1v) is 6.82. The standard InChI is InChI=1S/C14H20F4N2O/c1-2-3-19-8-10-6-11(15)14(12(16)7-10)20(4-5-21)9-13(17)18/h6-7,13,19,21H,2-5,8-9H2,1H3. The number of hydrogen-bond acceptors (Lipinski definition) is 3. The number of hydrogen-bond donors (Lipinski definition) is 2. The summed E-state index contributed by atoms with van der Waals surface area (Å²) in [5.41, 5.74) is -0.119. The maximum Gasteiger partial charge on any atom is 0.255 e. The summed E-state index contributed by atoms with van der Waals surface area (Å²) < 4.78 is 52.9. The number of nitrogens with one attached hydrogen (secondary N) is 1. The lowest BCUT2D eigenvalue weighted by Crippen LogP contribution is -2.33. The molecule has 1 rings (SSSR count). The van der Waals surface area contributed by atoms with Crippen LogP contribution in [0.5, 0.6) is 0 Å². The molecule has 0 aliphatic rings. The Kier molecular flexibility index (Phi) is 7.45. The lowest BCUT2D eigenvalue weighted by molar-refractivity contribution is 0.152. The van der Waals surface area contributed by atoms with Crippen molar-refractivity contribution in [1.29, 1.82) is 0 Å². The molecule has 0 fully saturated rings. The Labute approximate surface area is 121 Å². The zero-order valence-corrected chi connectivity index (χ0v) is 11.9. The van der Waals surface area contributed by atoms with Gasteiger partial charge in [-0.05, 0) is 30.7 Å². The molecule has 7 heteroatoms. The molecule has 0 spiro atoms. The van der Waals surface area contributed by atoms with E-state index in [4.69, 9.17) is 5.11 Å². The first-order chi connectivity index (χ1) is 9.99. The molecule has 0 aliphatic heterocycles. The van der Waals surface area contributed by atoms with Crippen LogP contribution in [-0.2, 0) is 6.54 Å². The number of anilines is 1. The van der Waals surface area contributed by atoms with Crippen molar-refractivity contribution >= 4 is 5.69 Å². The first kappa shape index (κ1) is 17.7. The Hall–Kier alpha value is -1.34. The second-order valence-corrected chi connectivity index (χ2v) is 4.65. The van der Waals surface area contributed by atoms with Gasteiger partial charge in [-0.1, -0.05) is 6.92 Å². The van der Waals surface area contributed by atoms with Gasteiger partial charge < -0.3 is 15.3 Å². The Bertz CT molecular complexity index is 420. The molecule has 0 amide bonds. The largest absolute Gasteiger partial charge is 0.395 e. The van der Waals surface area contributed by atoms with Crippen LogP contribution in [0.15, 0.2) is 12.1 Å². The zero-order chi connectivity index (χ0) is 15.8. The molecule has 0 unspecified atom stereocenters. The van der Waals surface area contributed by atoms with Crippen molar-refractivity contribution < 1.29 is 22.7 Å². The van der Waals surface area contributed by atoms with Crippen LogP contribution < -0.4 is 10.2 Å². The highest BCUT2D eigenvalue weighted by atomic mass is 19.3. The number of aliphatic hydroxyl groups is 1. The van der Waals surface area contributed by atoms with E-state index >= 15 is 0 Å². The van der Waals surface area contributed by atoms with Crippen molar-refractivity contribution in [1.82, 2.24) is 5.32 Å². The van der Waals surface area contributed by atoms with Crippen molar-refractivity contribution in [3.8, 4) is 0 Å². The molecule has 0 atom stereocenters. The number of aliphatic hydroxyl groups excluding tert-OH is 1. The van der Waals surface area contributed by atoms with E-state index in [0.717, 1.165) is 23.5 Å². The van der Waals surface area contributed by atoms with Crippen molar-refractivity contribution in [2.75, 3.05) is 31.1 Å². The minimum atomic E-state index is -2.75. The smallest absolute Gasteiger partial charge is 0.255 e. The molecule has 0 saturated carbocycles. The molecule has 0 bridgehead atoms. The predicted octanol–water partition coefficient (Wildman–Crippen LogP) is 2.53. The molecule has 0 heterocycles. The number of alkyl halides is 2. The average Bonchev–Trinajstić information content (AvgIpc) is 2.37. The lowest BCUT2D eigenvalue weighted by atomic mass is 10.1. The van der Waals surface area contributed by atoms with Gasteiger partial charge in [0.05, 0.1) is 13.2 Å². The van der Waals surface area contributed by atoms with E-state index in [9.17, 15) is 17.6 Å². The SMILES string of the molecule is CCCNCc1cc(F)c(N(CCO)CC(F)F)c(F)c1. The minimum Gasteiger partial charge on any atom is -0.395 e. The molecule has 21 heavy (non-hydrogen) atoms. The normalized spacial score (nSPS) is 11.2. The van der Waals surface area contributed by atoms with Gasteiger partial charge in [0.25, 0.3) is 6.43 Å². The molecule has 1 aromatic carbocycles. The summed E-state index contributed by atoms with van der Waals surface area (Å²) in [4.78, 5) is 0.818. The van der Waals surface area contributed by atoms with E-state index < -0.39 is 36.9 Å². The Morgan fingerprint density at radius 2 is 1.86 bits per heavy atom. The summed E-state index contributed by atoms with van der Waals surface area (Å²) in [6, 6.07) is 2.24. The monoisotopic (exact) mass is 308 g/mol. The first-order valence-electron chi connectivity index (χ1n) is 6.82. The number of nitrogens with zero attached hydrogens (tertiary/aromatic N) is 1.